The van der Waals surface area contributed by atoms with Gasteiger partial charge in [-0.05, 0) is 23.8 Å². The van der Waals surface area contributed by atoms with Crippen molar-refractivity contribution in [3.8, 4) is 17.6 Å². The van der Waals surface area contributed by atoms with Crippen molar-refractivity contribution in [2.45, 2.75) is 10.6 Å². The first-order chi connectivity index (χ1) is 12.6. The number of nitrogens with zero attached hydrogens (tertiary/aromatic N) is 1. The van der Waals surface area contributed by atoms with Gasteiger partial charge in [-0.15, -0.1) is 23.1 Å². The molecular weight excluding hydrogens is 370 g/mol. The van der Waals surface area contributed by atoms with Crippen molar-refractivity contribution in [2.75, 3.05) is 14.2 Å². The molecule has 3 aromatic rings. The highest BCUT2D eigenvalue weighted by Gasteiger charge is 2.20. The number of carboxylic acids is 1. The summed E-state index contributed by atoms with van der Waals surface area (Å²) in [5.41, 5.74) is 1.62. The van der Waals surface area contributed by atoms with Gasteiger partial charge in [-0.25, -0.2) is 4.79 Å². The van der Waals surface area contributed by atoms with E-state index in [1.165, 1.54) is 23.1 Å². The highest BCUT2D eigenvalue weighted by Crippen LogP contribution is 2.44. The van der Waals surface area contributed by atoms with E-state index in [4.69, 9.17) is 14.7 Å². The highest BCUT2D eigenvalue weighted by molar-refractivity contribution is 7.99. The molecule has 26 heavy (non-hydrogen) atoms. The second-order valence-electron chi connectivity index (χ2n) is 5.37. The predicted molar refractivity (Wildman–Crippen MR) is 103 cm³/mol. The summed E-state index contributed by atoms with van der Waals surface area (Å²) in [7, 11) is 3.10. The number of carboxylic acid groups (broad SMARTS) is 1. The molecule has 0 atom stereocenters. The summed E-state index contributed by atoms with van der Waals surface area (Å²) in [6, 6.07) is 13.0. The van der Waals surface area contributed by atoms with E-state index in [1.807, 2.05) is 18.2 Å². The van der Waals surface area contributed by atoms with Crippen LogP contribution < -0.4 is 9.47 Å². The van der Waals surface area contributed by atoms with Crippen LogP contribution >= 0.6 is 23.1 Å². The number of ether oxygens (including phenoxy) is 2. The normalized spacial score (nSPS) is 10.5. The van der Waals surface area contributed by atoms with Crippen molar-refractivity contribution >= 4 is 39.2 Å². The van der Waals surface area contributed by atoms with Crippen molar-refractivity contribution in [2.24, 2.45) is 0 Å². The number of rotatable bonds is 6. The van der Waals surface area contributed by atoms with Crippen LogP contribution in [0.15, 0.2) is 41.3 Å². The lowest BCUT2D eigenvalue weighted by molar-refractivity contribution is 0.0699. The maximum Gasteiger partial charge on any atom is 0.347 e. The number of thiophene rings is 1. The maximum atomic E-state index is 11.7. The zero-order valence-electron chi connectivity index (χ0n) is 14.1. The van der Waals surface area contributed by atoms with Gasteiger partial charge in [0.1, 0.15) is 4.88 Å². The average molecular weight is 385 g/mol. The molecule has 0 aliphatic heterocycles. The van der Waals surface area contributed by atoms with Gasteiger partial charge >= 0.3 is 5.97 Å². The Morgan fingerprint density at radius 2 is 1.85 bits per heavy atom. The van der Waals surface area contributed by atoms with Gasteiger partial charge in [0.2, 0.25) is 0 Å². The largest absolute Gasteiger partial charge is 0.493 e. The molecule has 0 unspecified atom stereocenters. The minimum Gasteiger partial charge on any atom is -0.493 e. The summed E-state index contributed by atoms with van der Waals surface area (Å²) in [6.45, 7) is 0. The quantitative estimate of drug-likeness (QED) is 0.615. The van der Waals surface area contributed by atoms with Gasteiger partial charge in [0.15, 0.2) is 11.5 Å². The Kier molecular flexibility index (Phi) is 5.35. The van der Waals surface area contributed by atoms with Gasteiger partial charge < -0.3 is 14.6 Å². The fourth-order valence-corrected chi connectivity index (χ4v) is 4.88. The highest BCUT2D eigenvalue weighted by atomic mass is 32.2. The molecule has 7 heteroatoms. The average Bonchev–Trinajstić information content (AvgIpc) is 3.03. The van der Waals surface area contributed by atoms with Crippen LogP contribution in [0.2, 0.25) is 0 Å². The van der Waals surface area contributed by atoms with E-state index in [1.54, 1.807) is 32.4 Å². The summed E-state index contributed by atoms with van der Waals surface area (Å²) in [5, 5.41) is 19.3. The van der Waals surface area contributed by atoms with Crippen LogP contribution in [-0.2, 0) is 5.75 Å². The fraction of sp³-hybridized carbons (Fsp3) is 0.158. The van der Waals surface area contributed by atoms with E-state index >= 15 is 0 Å². The Hall–Kier alpha value is -2.69. The lowest BCUT2D eigenvalue weighted by atomic mass is 10.2. The van der Waals surface area contributed by atoms with Gasteiger partial charge in [0.25, 0.3) is 0 Å². The predicted octanol–water partition coefficient (Wildman–Crippen LogP) is 4.78. The van der Waals surface area contributed by atoms with Crippen molar-refractivity contribution in [1.82, 2.24) is 0 Å². The van der Waals surface area contributed by atoms with Crippen LogP contribution in [0.1, 0.15) is 20.8 Å². The van der Waals surface area contributed by atoms with Gasteiger partial charge in [-0.1, -0.05) is 12.1 Å². The van der Waals surface area contributed by atoms with E-state index in [9.17, 15) is 9.90 Å². The summed E-state index contributed by atoms with van der Waals surface area (Å²) >= 11 is 2.68. The molecule has 1 aromatic heterocycles. The Morgan fingerprint density at radius 1 is 1.19 bits per heavy atom. The number of carbonyl (C=O) groups is 1. The molecular formula is C19H15NO4S2. The van der Waals surface area contributed by atoms with E-state index < -0.39 is 5.97 Å². The van der Waals surface area contributed by atoms with Crippen molar-refractivity contribution in [3.05, 3.63) is 52.4 Å². The molecule has 5 nitrogen and oxygen atoms in total. The molecule has 2 aromatic carbocycles. The summed E-state index contributed by atoms with van der Waals surface area (Å²) in [5.74, 6) is 0.787. The zero-order chi connectivity index (χ0) is 18.7. The molecule has 0 fully saturated rings. The molecule has 0 saturated heterocycles. The fourth-order valence-electron chi connectivity index (χ4n) is 2.52. The van der Waals surface area contributed by atoms with Crippen molar-refractivity contribution in [1.29, 1.82) is 5.26 Å². The van der Waals surface area contributed by atoms with E-state index in [2.05, 4.69) is 6.07 Å². The van der Waals surface area contributed by atoms with Crippen LogP contribution in [0, 0.1) is 11.3 Å². The third-order valence-electron chi connectivity index (χ3n) is 3.81. The molecule has 0 aliphatic carbocycles. The molecule has 0 amide bonds. The zero-order valence-corrected chi connectivity index (χ0v) is 15.7. The molecule has 1 N–H and O–H groups in total. The molecule has 0 spiro atoms. The number of methoxy groups -OCH3 is 2. The van der Waals surface area contributed by atoms with Gasteiger partial charge in [-0.3, -0.25) is 0 Å². The monoisotopic (exact) mass is 385 g/mol. The topological polar surface area (TPSA) is 79.5 Å². The van der Waals surface area contributed by atoms with Gasteiger partial charge in [-0.2, -0.15) is 5.26 Å². The second kappa shape index (κ2) is 7.68. The first-order valence-corrected chi connectivity index (χ1v) is 9.41. The van der Waals surface area contributed by atoms with Crippen molar-refractivity contribution in [3.63, 3.8) is 0 Å². The first-order valence-electron chi connectivity index (χ1n) is 7.61. The third kappa shape index (κ3) is 3.47. The van der Waals surface area contributed by atoms with Crippen LogP contribution in [0.25, 0.3) is 10.1 Å². The summed E-state index contributed by atoms with van der Waals surface area (Å²) < 4.78 is 11.5. The Bertz CT molecular complexity index is 1000. The molecule has 0 radical (unpaired) electrons. The summed E-state index contributed by atoms with van der Waals surface area (Å²) in [6.07, 6.45) is 0. The third-order valence-corrected chi connectivity index (χ3v) is 6.27. The second-order valence-corrected chi connectivity index (χ2v) is 7.40. The minimum absolute atomic E-state index is 0.300. The molecule has 3 rings (SSSR count). The molecule has 0 saturated carbocycles. The first kappa shape index (κ1) is 18.1. The van der Waals surface area contributed by atoms with Gasteiger partial charge in [0.05, 0.1) is 25.9 Å². The number of thioether (sulfide) groups is 1. The number of hydrogen-bond donors (Lipinski definition) is 1. The molecule has 0 bridgehead atoms. The van der Waals surface area contributed by atoms with Crippen molar-refractivity contribution < 1.29 is 19.4 Å². The van der Waals surface area contributed by atoms with E-state index in [0.29, 0.717) is 32.6 Å². The summed E-state index contributed by atoms with van der Waals surface area (Å²) in [4.78, 5) is 12.7. The van der Waals surface area contributed by atoms with E-state index in [0.717, 1.165) is 15.6 Å². The number of nitriles is 1. The number of hydrogen-bond acceptors (Lipinski definition) is 6. The van der Waals surface area contributed by atoms with Gasteiger partial charge in [0, 0.05) is 26.8 Å². The standard InChI is InChI=1S/C19H15NO4S2/c1-23-14-7-13-16(8-15(14)24-2)26-18(19(21)22)17(13)25-10-12-5-3-11(9-20)4-6-12/h3-8H,10H2,1-2H3,(H,21,22). The van der Waals surface area contributed by atoms with Crippen LogP contribution in [0.4, 0.5) is 0 Å². The number of fused-ring (bicyclic) bond motifs is 1. The Balaban J connectivity index is 2.00. The maximum absolute atomic E-state index is 11.7. The van der Waals surface area contributed by atoms with Crippen LogP contribution in [0.3, 0.4) is 0 Å². The minimum atomic E-state index is -0.952. The van der Waals surface area contributed by atoms with E-state index in [-0.39, 0.29) is 0 Å². The SMILES string of the molecule is COc1cc2sc(C(=O)O)c(SCc3ccc(C#N)cc3)c2cc1OC. The molecule has 132 valence electrons. The molecule has 1 heterocycles. The molecule has 0 aliphatic rings. The number of aromatic carboxylic acids is 1. The Morgan fingerprint density at radius 3 is 2.42 bits per heavy atom. The lowest BCUT2D eigenvalue weighted by Crippen LogP contribution is -1.94. The van der Waals surface area contributed by atoms with Crippen LogP contribution in [-0.4, -0.2) is 25.3 Å². The lowest BCUT2D eigenvalue weighted by Gasteiger charge is -2.08. The van der Waals surface area contributed by atoms with Crippen LogP contribution in [0.5, 0.6) is 11.5 Å². The number of benzene rings is 2. The Labute approximate surface area is 158 Å². The smallest absolute Gasteiger partial charge is 0.347 e.